The number of rotatable bonds is 12. The zero-order valence-electron chi connectivity index (χ0n) is 25.0. The van der Waals surface area contributed by atoms with Gasteiger partial charge in [0.05, 0.1) is 10.6 Å². The number of hydrogen-bond donors (Lipinski definition) is 1. The van der Waals surface area contributed by atoms with Crippen LogP contribution in [0.3, 0.4) is 0 Å². The molecule has 1 atom stereocenters. The molecular weight excluding hydrogens is 648 g/mol. The first-order valence-corrected chi connectivity index (χ1v) is 17.2. The molecule has 1 aliphatic rings. The molecule has 0 aromatic heterocycles. The van der Waals surface area contributed by atoms with E-state index in [1.165, 1.54) is 4.90 Å². The molecule has 2 amide bonds. The van der Waals surface area contributed by atoms with E-state index in [9.17, 15) is 22.4 Å². The summed E-state index contributed by atoms with van der Waals surface area (Å²) < 4.78 is 42.7. The Morgan fingerprint density at radius 1 is 0.870 bits per heavy atom. The number of amides is 2. The lowest BCUT2D eigenvalue weighted by Crippen LogP contribution is -2.54. The van der Waals surface area contributed by atoms with Crippen molar-refractivity contribution in [3.63, 3.8) is 0 Å². The molecule has 0 radical (unpaired) electrons. The summed E-state index contributed by atoms with van der Waals surface area (Å²) >= 11 is 12.7. The molecule has 1 fully saturated rings. The summed E-state index contributed by atoms with van der Waals surface area (Å²) in [5, 5.41) is 3.85. The molecule has 1 aliphatic carbocycles. The first-order chi connectivity index (χ1) is 22.1. The quantitative estimate of drug-likeness (QED) is 0.174. The highest BCUT2D eigenvalue weighted by molar-refractivity contribution is 7.92. The first kappa shape index (κ1) is 33.4. The topological polar surface area (TPSA) is 86.8 Å². The van der Waals surface area contributed by atoms with Crippen LogP contribution in [0.1, 0.15) is 36.8 Å². The summed E-state index contributed by atoms with van der Waals surface area (Å²) in [6.45, 7) is -0.708. The minimum absolute atomic E-state index is 0.0125. The summed E-state index contributed by atoms with van der Waals surface area (Å²) in [4.78, 5) is 29.8. The minimum Gasteiger partial charge on any atom is -0.352 e. The molecule has 0 heterocycles. The van der Waals surface area contributed by atoms with Crippen molar-refractivity contribution in [1.82, 2.24) is 10.2 Å². The van der Waals surface area contributed by atoms with E-state index in [0.29, 0.717) is 15.6 Å². The van der Waals surface area contributed by atoms with E-state index in [0.717, 1.165) is 59.8 Å². The molecule has 0 spiro atoms. The van der Waals surface area contributed by atoms with Gasteiger partial charge in [-0.05, 0) is 72.5 Å². The number of carbonyl (C=O) groups excluding carboxylic acids is 2. The van der Waals surface area contributed by atoms with Crippen molar-refractivity contribution in [3.05, 3.63) is 130 Å². The van der Waals surface area contributed by atoms with E-state index in [2.05, 4.69) is 5.32 Å². The number of nitrogens with one attached hydrogen (secondary N) is 1. The predicted molar refractivity (Wildman–Crippen MR) is 179 cm³/mol. The Hall–Kier alpha value is -3.92. The van der Waals surface area contributed by atoms with Crippen molar-refractivity contribution < 1.29 is 22.4 Å². The second-order valence-corrected chi connectivity index (χ2v) is 14.0. The van der Waals surface area contributed by atoms with Crippen LogP contribution in [-0.2, 0) is 32.6 Å². The highest BCUT2D eigenvalue weighted by Gasteiger charge is 2.35. The molecular formula is C35H34Cl2FN3O4S. The zero-order valence-corrected chi connectivity index (χ0v) is 27.3. The van der Waals surface area contributed by atoms with Crippen LogP contribution in [0.25, 0.3) is 0 Å². The van der Waals surface area contributed by atoms with E-state index in [4.69, 9.17) is 23.2 Å². The van der Waals surface area contributed by atoms with Gasteiger partial charge in [-0.1, -0.05) is 90.6 Å². The summed E-state index contributed by atoms with van der Waals surface area (Å²) in [5.41, 5.74) is 1.60. The number of halogens is 3. The zero-order chi connectivity index (χ0) is 32.7. The Balaban J connectivity index is 1.57. The molecule has 0 unspecified atom stereocenters. The largest absolute Gasteiger partial charge is 0.352 e. The van der Waals surface area contributed by atoms with Crippen LogP contribution < -0.4 is 9.62 Å². The Morgan fingerprint density at radius 3 is 2.13 bits per heavy atom. The fraction of sp³-hybridized carbons (Fsp3) is 0.257. The van der Waals surface area contributed by atoms with Gasteiger partial charge in [0.2, 0.25) is 11.8 Å². The number of hydrogen-bond acceptors (Lipinski definition) is 4. The van der Waals surface area contributed by atoms with E-state index in [1.807, 2.05) is 30.3 Å². The first-order valence-electron chi connectivity index (χ1n) is 15.0. The van der Waals surface area contributed by atoms with Gasteiger partial charge in [-0.25, -0.2) is 12.8 Å². The summed E-state index contributed by atoms with van der Waals surface area (Å²) in [6, 6.07) is 25.8. The van der Waals surface area contributed by atoms with Crippen molar-refractivity contribution in [2.24, 2.45) is 0 Å². The normalized spacial score (nSPS) is 14.1. The van der Waals surface area contributed by atoms with Crippen LogP contribution >= 0.6 is 23.2 Å². The lowest BCUT2D eigenvalue weighted by Gasteiger charge is -2.34. The van der Waals surface area contributed by atoms with E-state index in [1.54, 1.807) is 48.5 Å². The fourth-order valence-corrected chi connectivity index (χ4v) is 7.49. The van der Waals surface area contributed by atoms with Crippen LogP contribution in [0.4, 0.5) is 10.1 Å². The third-order valence-corrected chi connectivity index (χ3v) is 10.4. The smallest absolute Gasteiger partial charge is 0.264 e. The molecule has 5 rings (SSSR count). The fourth-order valence-electron chi connectivity index (χ4n) is 5.61. The average molecular weight is 683 g/mol. The predicted octanol–water partition coefficient (Wildman–Crippen LogP) is 7.03. The number of para-hydroxylation sites is 1. The summed E-state index contributed by atoms with van der Waals surface area (Å²) in [5.74, 6) is -1.55. The van der Waals surface area contributed by atoms with Crippen LogP contribution in [0, 0.1) is 5.82 Å². The maximum atomic E-state index is 14.5. The molecule has 0 aliphatic heterocycles. The molecule has 1 saturated carbocycles. The van der Waals surface area contributed by atoms with Gasteiger partial charge in [0.1, 0.15) is 18.4 Å². The van der Waals surface area contributed by atoms with Crippen molar-refractivity contribution in [2.75, 3.05) is 10.8 Å². The third kappa shape index (κ3) is 8.26. The molecule has 46 heavy (non-hydrogen) atoms. The molecule has 7 nitrogen and oxygen atoms in total. The van der Waals surface area contributed by atoms with Crippen molar-refractivity contribution >= 4 is 50.7 Å². The molecule has 11 heteroatoms. The van der Waals surface area contributed by atoms with E-state index in [-0.39, 0.29) is 35.5 Å². The van der Waals surface area contributed by atoms with Gasteiger partial charge in [-0.3, -0.25) is 13.9 Å². The number of benzene rings is 4. The van der Waals surface area contributed by atoms with Gasteiger partial charge in [0, 0.05) is 29.1 Å². The lowest BCUT2D eigenvalue weighted by atomic mass is 10.0. The van der Waals surface area contributed by atoms with Gasteiger partial charge < -0.3 is 10.2 Å². The van der Waals surface area contributed by atoms with E-state index < -0.39 is 34.3 Å². The highest BCUT2D eigenvalue weighted by atomic mass is 35.5. The van der Waals surface area contributed by atoms with Crippen molar-refractivity contribution in [2.45, 2.75) is 55.6 Å². The van der Waals surface area contributed by atoms with Crippen LogP contribution in [0.15, 0.2) is 108 Å². The number of carbonyl (C=O) groups is 2. The van der Waals surface area contributed by atoms with Gasteiger partial charge in [-0.2, -0.15) is 0 Å². The van der Waals surface area contributed by atoms with Crippen molar-refractivity contribution in [3.8, 4) is 0 Å². The Kier molecular flexibility index (Phi) is 11.0. The second-order valence-electron chi connectivity index (χ2n) is 11.3. The standard InChI is InChI=1S/C35H34Cl2FN3O4S/c36-27-16-15-26(32(37)22-27)23-40(33(21-25-9-3-1-4-10-25)35(43)39-29-11-7-8-12-29)34(42)24-41(30-13-5-2-6-14-30)46(44,45)31-19-17-28(38)18-20-31/h1-6,9-10,13-20,22,29,33H,7-8,11-12,21,23-24H2,(H,39,43)/t33-/m1/s1. The van der Waals surface area contributed by atoms with Crippen molar-refractivity contribution in [1.29, 1.82) is 0 Å². The molecule has 0 saturated heterocycles. The summed E-state index contributed by atoms with van der Waals surface area (Å²) in [6.07, 6.45) is 3.89. The van der Waals surface area contributed by atoms with Gasteiger partial charge >= 0.3 is 0 Å². The maximum absolute atomic E-state index is 14.5. The van der Waals surface area contributed by atoms with E-state index >= 15 is 0 Å². The number of anilines is 1. The Morgan fingerprint density at radius 2 is 1.50 bits per heavy atom. The SMILES string of the molecule is O=C(NC1CCCC1)[C@@H](Cc1ccccc1)N(Cc1ccc(Cl)cc1Cl)C(=O)CN(c1ccccc1)S(=O)(=O)c1ccc(F)cc1. The number of sulfonamides is 1. The molecule has 4 aromatic rings. The Bertz CT molecular complexity index is 1750. The Labute approximate surface area is 279 Å². The molecule has 4 aromatic carbocycles. The van der Waals surface area contributed by atoms with Crippen LogP contribution in [0.5, 0.6) is 0 Å². The lowest BCUT2D eigenvalue weighted by molar-refractivity contribution is -0.140. The molecule has 1 N–H and O–H groups in total. The molecule has 240 valence electrons. The van der Waals surface area contributed by atoms with Crippen LogP contribution in [0.2, 0.25) is 10.0 Å². The van der Waals surface area contributed by atoms with Gasteiger partial charge in [-0.15, -0.1) is 0 Å². The van der Waals surface area contributed by atoms with Gasteiger partial charge in [0.15, 0.2) is 0 Å². The second kappa shape index (κ2) is 15.1. The number of nitrogens with zero attached hydrogens (tertiary/aromatic N) is 2. The minimum atomic E-state index is -4.33. The average Bonchev–Trinajstić information content (AvgIpc) is 3.56. The third-order valence-electron chi connectivity index (χ3n) is 8.05. The molecule has 0 bridgehead atoms. The maximum Gasteiger partial charge on any atom is 0.264 e. The van der Waals surface area contributed by atoms with Gasteiger partial charge in [0.25, 0.3) is 10.0 Å². The van der Waals surface area contributed by atoms with Crippen LogP contribution in [-0.4, -0.2) is 43.8 Å². The monoisotopic (exact) mass is 681 g/mol. The summed E-state index contributed by atoms with van der Waals surface area (Å²) in [7, 11) is -4.33. The highest BCUT2D eigenvalue weighted by Crippen LogP contribution is 2.28.